The average Bonchev–Trinajstić information content (AvgIpc) is 2.97. The SMILES string of the molecule is CCOC1CC(CC(=NC2CC2)NN)C1. The van der Waals surface area contributed by atoms with Gasteiger partial charge in [-0.2, -0.15) is 0 Å². The first-order valence-corrected chi connectivity index (χ1v) is 5.96. The molecule has 2 aliphatic rings. The molecule has 0 amide bonds. The average molecular weight is 211 g/mol. The van der Waals surface area contributed by atoms with Crippen molar-refractivity contribution in [1.82, 2.24) is 5.43 Å². The summed E-state index contributed by atoms with van der Waals surface area (Å²) in [5.41, 5.74) is 2.73. The zero-order chi connectivity index (χ0) is 10.7. The van der Waals surface area contributed by atoms with Crippen molar-refractivity contribution in [3.63, 3.8) is 0 Å². The number of rotatable bonds is 5. The van der Waals surface area contributed by atoms with Crippen LogP contribution in [0.15, 0.2) is 4.99 Å². The Hall–Kier alpha value is -0.610. The lowest BCUT2D eigenvalue weighted by molar-refractivity contribution is -0.0223. The highest BCUT2D eigenvalue weighted by Crippen LogP contribution is 2.33. The zero-order valence-electron chi connectivity index (χ0n) is 9.41. The molecule has 0 heterocycles. The lowest BCUT2D eigenvalue weighted by Crippen LogP contribution is -2.38. The van der Waals surface area contributed by atoms with Crippen LogP contribution in [0.2, 0.25) is 0 Å². The molecule has 0 unspecified atom stereocenters. The van der Waals surface area contributed by atoms with Gasteiger partial charge in [-0.05, 0) is 38.5 Å². The van der Waals surface area contributed by atoms with Crippen molar-refractivity contribution in [1.29, 1.82) is 0 Å². The van der Waals surface area contributed by atoms with E-state index in [2.05, 4.69) is 17.3 Å². The van der Waals surface area contributed by atoms with Crippen LogP contribution >= 0.6 is 0 Å². The quantitative estimate of drug-likeness (QED) is 0.311. The molecule has 4 heteroatoms. The van der Waals surface area contributed by atoms with E-state index in [0.717, 1.165) is 24.8 Å². The largest absolute Gasteiger partial charge is 0.378 e. The molecule has 0 spiro atoms. The fourth-order valence-corrected chi connectivity index (χ4v) is 2.06. The molecule has 0 radical (unpaired) electrons. The Morgan fingerprint density at radius 1 is 1.47 bits per heavy atom. The van der Waals surface area contributed by atoms with Crippen molar-refractivity contribution in [2.45, 2.75) is 51.2 Å². The molecular formula is C11H21N3O. The summed E-state index contributed by atoms with van der Waals surface area (Å²) in [6.07, 6.45) is 6.28. The number of nitrogens with zero attached hydrogens (tertiary/aromatic N) is 1. The number of nitrogens with two attached hydrogens (primary N) is 1. The lowest BCUT2D eigenvalue weighted by atomic mass is 9.80. The van der Waals surface area contributed by atoms with E-state index in [1.165, 1.54) is 25.7 Å². The second kappa shape index (κ2) is 4.94. The number of hydrazine groups is 1. The second-order valence-corrected chi connectivity index (χ2v) is 4.57. The van der Waals surface area contributed by atoms with Crippen LogP contribution in [0.3, 0.4) is 0 Å². The Labute approximate surface area is 91.2 Å². The van der Waals surface area contributed by atoms with Gasteiger partial charge >= 0.3 is 0 Å². The number of hydrogen-bond donors (Lipinski definition) is 2. The normalized spacial score (nSPS) is 31.2. The Kier molecular flexibility index (Phi) is 3.59. The van der Waals surface area contributed by atoms with Crippen molar-refractivity contribution in [2.75, 3.05) is 6.61 Å². The summed E-state index contributed by atoms with van der Waals surface area (Å²) >= 11 is 0. The Morgan fingerprint density at radius 2 is 2.20 bits per heavy atom. The Morgan fingerprint density at radius 3 is 2.73 bits per heavy atom. The minimum Gasteiger partial charge on any atom is -0.378 e. The van der Waals surface area contributed by atoms with Gasteiger partial charge in [0.15, 0.2) is 0 Å². The maximum absolute atomic E-state index is 5.53. The molecule has 2 aliphatic carbocycles. The van der Waals surface area contributed by atoms with Crippen LogP contribution in [0.25, 0.3) is 0 Å². The summed E-state index contributed by atoms with van der Waals surface area (Å²) in [5.74, 6) is 7.16. The highest BCUT2D eigenvalue weighted by atomic mass is 16.5. The molecule has 3 N–H and O–H groups in total. The molecule has 86 valence electrons. The Bertz CT molecular complexity index is 232. The van der Waals surface area contributed by atoms with E-state index in [9.17, 15) is 0 Å². The van der Waals surface area contributed by atoms with Crippen molar-refractivity contribution in [2.24, 2.45) is 16.8 Å². The number of amidine groups is 1. The minimum atomic E-state index is 0.486. The van der Waals surface area contributed by atoms with Gasteiger partial charge in [-0.3, -0.25) is 4.99 Å². The smallest absolute Gasteiger partial charge is 0.111 e. The molecule has 0 atom stereocenters. The van der Waals surface area contributed by atoms with Crippen LogP contribution in [0, 0.1) is 5.92 Å². The summed E-state index contributed by atoms with van der Waals surface area (Å²) in [6, 6.07) is 0.554. The van der Waals surface area contributed by atoms with Crippen LogP contribution in [-0.4, -0.2) is 24.6 Å². The van der Waals surface area contributed by atoms with Crippen molar-refractivity contribution in [3.8, 4) is 0 Å². The maximum Gasteiger partial charge on any atom is 0.111 e. The number of ether oxygens (including phenoxy) is 1. The Balaban J connectivity index is 1.68. The summed E-state index contributed by atoms with van der Waals surface area (Å²) < 4.78 is 5.53. The van der Waals surface area contributed by atoms with Crippen molar-refractivity contribution < 1.29 is 4.74 Å². The third kappa shape index (κ3) is 3.18. The van der Waals surface area contributed by atoms with Crippen LogP contribution in [0.4, 0.5) is 0 Å². The van der Waals surface area contributed by atoms with Gasteiger partial charge < -0.3 is 10.2 Å². The summed E-state index contributed by atoms with van der Waals surface area (Å²) in [4.78, 5) is 4.54. The van der Waals surface area contributed by atoms with Crippen molar-refractivity contribution >= 4 is 5.84 Å². The third-order valence-electron chi connectivity index (χ3n) is 3.13. The fourth-order valence-electron chi connectivity index (χ4n) is 2.06. The molecule has 15 heavy (non-hydrogen) atoms. The van der Waals surface area contributed by atoms with Gasteiger partial charge in [0.1, 0.15) is 5.84 Å². The molecule has 0 aliphatic heterocycles. The molecule has 2 fully saturated rings. The lowest BCUT2D eigenvalue weighted by Gasteiger charge is -2.35. The highest BCUT2D eigenvalue weighted by molar-refractivity contribution is 5.82. The molecule has 4 nitrogen and oxygen atoms in total. The van der Waals surface area contributed by atoms with Gasteiger partial charge in [-0.1, -0.05) is 0 Å². The minimum absolute atomic E-state index is 0.486. The first kappa shape index (κ1) is 10.9. The van der Waals surface area contributed by atoms with Crippen molar-refractivity contribution in [3.05, 3.63) is 0 Å². The van der Waals surface area contributed by atoms with Crippen LogP contribution in [0.1, 0.15) is 39.0 Å². The van der Waals surface area contributed by atoms with Crippen LogP contribution in [0.5, 0.6) is 0 Å². The standard InChI is InChI=1S/C11H21N3O/c1-2-15-10-5-8(6-10)7-11(14-12)13-9-3-4-9/h8-10H,2-7,12H2,1H3,(H,13,14). The third-order valence-corrected chi connectivity index (χ3v) is 3.13. The maximum atomic E-state index is 5.53. The van der Waals surface area contributed by atoms with E-state index in [1.54, 1.807) is 0 Å². The number of hydrogen-bond acceptors (Lipinski definition) is 3. The van der Waals surface area contributed by atoms with Gasteiger partial charge in [0, 0.05) is 13.0 Å². The summed E-state index contributed by atoms with van der Waals surface area (Å²) in [6.45, 7) is 2.88. The van der Waals surface area contributed by atoms with E-state index < -0.39 is 0 Å². The molecule has 0 aromatic heterocycles. The van der Waals surface area contributed by atoms with E-state index >= 15 is 0 Å². The van der Waals surface area contributed by atoms with E-state index in [0.29, 0.717) is 12.1 Å². The number of aliphatic imine (C=N–C) groups is 1. The van der Waals surface area contributed by atoms with Crippen LogP contribution < -0.4 is 11.3 Å². The predicted octanol–water partition coefficient (Wildman–Crippen LogP) is 1.22. The highest BCUT2D eigenvalue weighted by Gasteiger charge is 2.31. The number of nitrogens with one attached hydrogen (secondary N) is 1. The predicted molar refractivity (Wildman–Crippen MR) is 60.5 cm³/mol. The van der Waals surface area contributed by atoms with Gasteiger partial charge in [0.05, 0.1) is 12.1 Å². The monoisotopic (exact) mass is 211 g/mol. The fraction of sp³-hybridized carbons (Fsp3) is 0.909. The molecule has 0 aromatic carbocycles. The molecule has 0 bridgehead atoms. The first-order chi connectivity index (χ1) is 7.31. The van der Waals surface area contributed by atoms with Crippen LogP contribution in [-0.2, 0) is 4.74 Å². The van der Waals surface area contributed by atoms with Gasteiger partial charge in [0.25, 0.3) is 0 Å². The zero-order valence-corrected chi connectivity index (χ0v) is 9.41. The first-order valence-electron chi connectivity index (χ1n) is 5.96. The molecule has 2 rings (SSSR count). The second-order valence-electron chi connectivity index (χ2n) is 4.57. The van der Waals surface area contributed by atoms with Gasteiger partial charge in [-0.15, -0.1) is 0 Å². The van der Waals surface area contributed by atoms with Gasteiger partial charge in [-0.25, -0.2) is 5.84 Å². The summed E-state index contributed by atoms with van der Waals surface area (Å²) in [7, 11) is 0. The molecular weight excluding hydrogens is 190 g/mol. The molecule has 2 saturated carbocycles. The van der Waals surface area contributed by atoms with E-state index in [1.807, 2.05) is 0 Å². The molecule has 0 aromatic rings. The molecule has 0 saturated heterocycles. The summed E-state index contributed by atoms with van der Waals surface area (Å²) in [5, 5.41) is 0. The van der Waals surface area contributed by atoms with E-state index in [-0.39, 0.29) is 0 Å². The topological polar surface area (TPSA) is 59.6 Å². The van der Waals surface area contributed by atoms with E-state index in [4.69, 9.17) is 10.6 Å². The van der Waals surface area contributed by atoms with Gasteiger partial charge in [0.2, 0.25) is 0 Å².